The molecule has 0 aromatic heterocycles. The summed E-state index contributed by atoms with van der Waals surface area (Å²) in [5.74, 6) is 0.535. The van der Waals surface area contributed by atoms with Gasteiger partial charge in [0.05, 0.1) is 0 Å². The number of thiocarbonyl (C=S) groups is 1. The van der Waals surface area contributed by atoms with E-state index in [1.165, 1.54) is 5.56 Å². The van der Waals surface area contributed by atoms with E-state index >= 15 is 0 Å². The first-order chi connectivity index (χ1) is 9.60. The standard InChI is InChI=1S/C15H21N3OS/c1-12(2)13-3-5-14(6-4-13)16-15(20)18-9-7-17(11-19)8-10-18/h3-6,11-12H,7-10H2,1-2H3,(H,16,20). The molecule has 0 aliphatic carbocycles. The SMILES string of the molecule is CC(C)c1ccc(NC(=S)N2CCN(C=O)CC2)cc1. The normalized spacial score (nSPS) is 15.3. The van der Waals surface area contributed by atoms with Crippen molar-refractivity contribution in [1.82, 2.24) is 9.80 Å². The zero-order chi connectivity index (χ0) is 14.5. The van der Waals surface area contributed by atoms with Crippen molar-refractivity contribution in [3.63, 3.8) is 0 Å². The largest absolute Gasteiger partial charge is 0.345 e. The Morgan fingerprint density at radius 1 is 1.20 bits per heavy atom. The number of hydrogen-bond donors (Lipinski definition) is 1. The van der Waals surface area contributed by atoms with Crippen LogP contribution < -0.4 is 5.32 Å². The van der Waals surface area contributed by atoms with Crippen molar-refractivity contribution in [3.05, 3.63) is 29.8 Å². The van der Waals surface area contributed by atoms with E-state index in [1.807, 2.05) is 0 Å². The zero-order valence-electron chi connectivity index (χ0n) is 12.0. The van der Waals surface area contributed by atoms with Crippen molar-refractivity contribution < 1.29 is 4.79 Å². The van der Waals surface area contributed by atoms with Gasteiger partial charge in [-0.1, -0.05) is 26.0 Å². The summed E-state index contributed by atoms with van der Waals surface area (Å²) in [5.41, 5.74) is 2.33. The van der Waals surface area contributed by atoms with Crippen LogP contribution in [0, 0.1) is 0 Å². The highest BCUT2D eigenvalue weighted by Gasteiger charge is 2.17. The lowest BCUT2D eigenvalue weighted by molar-refractivity contribution is -0.119. The second kappa shape index (κ2) is 6.70. The molecule has 20 heavy (non-hydrogen) atoms. The number of hydrogen-bond acceptors (Lipinski definition) is 2. The molecule has 1 aromatic carbocycles. The lowest BCUT2D eigenvalue weighted by Gasteiger charge is -2.34. The number of piperazine rings is 1. The van der Waals surface area contributed by atoms with Crippen LogP contribution in [0.2, 0.25) is 0 Å². The van der Waals surface area contributed by atoms with E-state index < -0.39 is 0 Å². The average molecular weight is 291 g/mol. The summed E-state index contributed by atoms with van der Waals surface area (Å²) in [4.78, 5) is 14.6. The van der Waals surface area contributed by atoms with Crippen molar-refractivity contribution >= 4 is 29.4 Å². The summed E-state index contributed by atoms with van der Waals surface area (Å²) < 4.78 is 0. The molecule has 5 heteroatoms. The molecule has 4 nitrogen and oxygen atoms in total. The summed E-state index contributed by atoms with van der Waals surface area (Å²) >= 11 is 5.42. The summed E-state index contributed by atoms with van der Waals surface area (Å²) in [6, 6.07) is 8.37. The minimum absolute atomic E-state index is 0.535. The molecule has 0 bridgehead atoms. The van der Waals surface area contributed by atoms with E-state index in [9.17, 15) is 4.79 Å². The topological polar surface area (TPSA) is 35.6 Å². The van der Waals surface area contributed by atoms with E-state index in [-0.39, 0.29) is 0 Å². The third-order valence-corrected chi connectivity index (χ3v) is 3.94. The number of carbonyl (C=O) groups is 1. The molecule has 108 valence electrons. The first-order valence-corrected chi connectivity index (χ1v) is 7.36. The highest BCUT2D eigenvalue weighted by atomic mass is 32.1. The molecule has 0 spiro atoms. The fourth-order valence-corrected chi connectivity index (χ4v) is 2.48. The van der Waals surface area contributed by atoms with Gasteiger partial charge in [0.2, 0.25) is 6.41 Å². The fourth-order valence-electron chi connectivity index (χ4n) is 2.18. The van der Waals surface area contributed by atoms with Gasteiger partial charge in [0.1, 0.15) is 0 Å². The Kier molecular flexibility index (Phi) is 4.95. The third-order valence-electron chi connectivity index (χ3n) is 3.58. The van der Waals surface area contributed by atoms with Crippen LogP contribution in [0.1, 0.15) is 25.3 Å². The number of nitrogens with one attached hydrogen (secondary N) is 1. The van der Waals surface area contributed by atoms with Gasteiger partial charge in [-0.3, -0.25) is 4.79 Å². The minimum Gasteiger partial charge on any atom is -0.345 e. The monoisotopic (exact) mass is 291 g/mol. The molecule has 1 aromatic rings. The van der Waals surface area contributed by atoms with Gasteiger partial charge < -0.3 is 15.1 Å². The molecule has 1 fully saturated rings. The molecule has 1 aliphatic heterocycles. The molecule has 1 N–H and O–H groups in total. The Bertz CT molecular complexity index is 465. The number of rotatable bonds is 3. The van der Waals surface area contributed by atoms with Gasteiger partial charge in [-0.15, -0.1) is 0 Å². The minimum atomic E-state index is 0.535. The molecule has 1 heterocycles. The van der Waals surface area contributed by atoms with Crippen LogP contribution in [0.25, 0.3) is 0 Å². The number of amides is 1. The van der Waals surface area contributed by atoms with E-state index in [1.54, 1.807) is 4.90 Å². The summed E-state index contributed by atoms with van der Waals surface area (Å²) in [5, 5.41) is 3.99. The number of nitrogens with zero attached hydrogens (tertiary/aromatic N) is 2. The maximum absolute atomic E-state index is 10.7. The zero-order valence-corrected chi connectivity index (χ0v) is 12.8. The van der Waals surface area contributed by atoms with E-state index in [2.05, 4.69) is 48.3 Å². The summed E-state index contributed by atoms with van der Waals surface area (Å²) in [7, 11) is 0. The highest BCUT2D eigenvalue weighted by molar-refractivity contribution is 7.80. The van der Waals surface area contributed by atoms with E-state index in [0.717, 1.165) is 43.4 Å². The second-order valence-corrected chi connectivity index (χ2v) is 5.72. The predicted molar refractivity (Wildman–Crippen MR) is 86.0 cm³/mol. The summed E-state index contributed by atoms with van der Waals surface area (Å²) in [6.45, 7) is 7.40. The Hall–Kier alpha value is -1.62. The van der Waals surface area contributed by atoms with Crippen molar-refractivity contribution in [1.29, 1.82) is 0 Å². The molecule has 1 amide bonds. The van der Waals surface area contributed by atoms with Crippen molar-refractivity contribution in [3.8, 4) is 0 Å². The van der Waals surface area contributed by atoms with Gasteiger partial charge in [0.15, 0.2) is 5.11 Å². The molecule has 2 rings (SSSR count). The van der Waals surface area contributed by atoms with Gasteiger partial charge in [0, 0.05) is 31.9 Å². The van der Waals surface area contributed by atoms with E-state index in [0.29, 0.717) is 5.92 Å². The van der Waals surface area contributed by atoms with Crippen LogP contribution in [0.15, 0.2) is 24.3 Å². The van der Waals surface area contributed by atoms with Crippen LogP contribution in [0.4, 0.5) is 5.69 Å². The number of anilines is 1. The van der Waals surface area contributed by atoms with Crippen molar-refractivity contribution in [2.75, 3.05) is 31.5 Å². The lowest BCUT2D eigenvalue weighted by Crippen LogP contribution is -2.49. The van der Waals surface area contributed by atoms with Crippen LogP contribution >= 0.6 is 12.2 Å². The highest BCUT2D eigenvalue weighted by Crippen LogP contribution is 2.17. The molecule has 0 unspecified atom stereocenters. The Labute approximate surface area is 125 Å². The van der Waals surface area contributed by atoms with Crippen LogP contribution in [0.3, 0.4) is 0 Å². The van der Waals surface area contributed by atoms with Crippen molar-refractivity contribution in [2.45, 2.75) is 19.8 Å². The van der Waals surface area contributed by atoms with Gasteiger partial charge in [-0.05, 0) is 35.8 Å². The fraction of sp³-hybridized carbons (Fsp3) is 0.467. The maximum Gasteiger partial charge on any atom is 0.209 e. The first-order valence-electron chi connectivity index (χ1n) is 6.95. The molecule has 1 aliphatic rings. The predicted octanol–water partition coefficient (Wildman–Crippen LogP) is 2.28. The number of carbonyl (C=O) groups excluding carboxylic acids is 1. The lowest BCUT2D eigenvalue weighted by atomic mass is 10.0. The first kappa shape index (κ1) is 14.8. The molecular weight excluding hydrogens is 270 g/mol. The number of benzene rings is 1. The van der Waals surface area contributed by atoms with Crippen LogP contribution in [-0.2, 0) is 4.79 Å². The Morgan fingerprint density at radius 2 is 1.80 bits per heavy atom. The smallest absolute Gasteiger partial charge is 0.209 e. The molecule has 1 saturated heterocycles. The Morgan fingerprint density at radius 3 is 2.30 bits per heavy atom. The van der Waals surface area contributed by atoms with Gasteiger partial charge in [0.25, 0.3) is 0 Å². The quantitative estimate of drug-likeness (QED) is 0.684. The summed E-state index contributed by atoms with van der Waals surface area (Å²) in [6.07, 6.45) is 0.901. The molecular formula is C15H21N3OS. The average Bonchev–Trinajstić information content (AvgIpc) is 2.48. The van der Waals surface area contributed by atoms with Crippen LogP contribution in [0.5, 0.6) is 0 Å². The van der Waals surface area contributed by atoms with E-state index in [4.69, 9.17) is 12.2 Å². The molecule has 0 radical (unpaired) electrons. The van der Waals surface area contributed by atoms with Crippen molar-refractivity contribution in [2.24, 2.45) is 0 Å². The molecule has 0 atom stereocenters. The third kappa shape index (κ3) is 3.70. The van der Waals surface area contributed by atoms with Gasteiger partial charge in [-0.25, -0.2) is 0 Å². The molecule has 0 saturated carbocycles. The second-order valence-electron chi connectivity index (χ2n) is 5.34. The maximum atomic E-state index is 10.7. The Balaban J connectivity index is 1.89. The van der Waals surface area contributed by atoms with Gasteiger partial charge >= 0.3 is 0 Å². The van der Waals surface area contributed by atoms with Gasteiger partial charge in [-0.2, -0.15) is 0 Å². The van der Waals surface area contributed by atoms with Crippen LogP contribution in [-0.4, -0.2) is 47.5 Å².